The zero-order valence-electron chi connectivity index (χ0n) is 16.5. The number of alkyl carbamates (subject to hydrolysis) is 1. The second-order valence-electron chi connectivity index (χ2n) is 6.24. The minimum atomic E-state index is -0.507. The summed E-state index contributed by atoms with van der Waals surface area (Å²) in [5, 5.41) is 3.18. The summed E-state index contributed by atoms with van der Waals surface area (Å²) in [5.74, 6) is 1.09. The number of nitrogens with zero attached hydrogens (tertiary/aromatic N) is 4. The SMILES string of the molecule is COC(=O)NCCOc1cccc(N2CCN(C)c3nc(SC)ncc3C2=O)c1. The molecular weight excluding hydrogens is 394 g/mol. The summed E-state index contributed by atoms with van der Waals surface area (Å²) in [6.45, 7) is 1.74. The van der Waals surface area contributed by atoms with Crippen LogP contribution in [0, 0.1) is 0 Å². The molecule has 29 heavy (non-hydrogen) atoms. The highest BCUT2D eigenvalue weighted by Gasteiger charge is 2.28. The van der Waals surface area contributed by atoms with E-state index in [2.05, 4.69) is 20.0 Å². The van der Waals surface area contributed by atoms with Gasteiger partial charge in [0.05, 0.1) is 13.7 Å². The molecule has 0 saturated carbocycles. The van der Waals surface area contributed by atoms with Crippen molar-refractivity contribution in [3.63, 3.8) is 0 Å². The molecule has 0 spiro atoms. The zero-order chi connectivity index (χ0) is 20.8. The van der Waals surface area contributed by atoms with E-state index in [0.717, 1.165) is 5.69 Å². The highest BCUT2D eigenvalue weighted by atomic mass is 32.2. The van der Waals surface area contributed by atoms with Gasteiger partial charge in [-0.15, -0.1) is 0 Å². The van der Waals surface area contributed by atoms with Gasteiger partial charge in [0.15, 0.2) is 5.16 Å². The fraction of sp³-hybridized carbons (Fsp3) is 0.368. The number of aromatic nitrogens is 2. The molecule has 1 aliphatic rings. The average Bonchev–Trinajstić information content (AvgIpc) is 2.87. The number of fused-ring (bicyclic) bond motifs is 1. The number of hydrogen-bond acceptors (Lipinski definition) is 8. The number of nitrogens with one attached hydrogen (secondary N) is 1. The molecule has 0 aliphatic carbocycles. The summed E-state index contributed by atoms with van der Waals surface area (Å²) in [7, 11) is 3.22. The lowest BCUT2D eigenvalue weighted by Gasteiger charge is -2.21. The van der Waals surface area contributed by atoms with Crippen LogP contribution in [0.2, 0.25) is 0 Å². The Morgan fingerprint density at radius 1 is 1.34 bits per heavy atom. The van der Waals surface area contributed by atoms with Crippen LogP contribution in [-0.4, -0.2) is 68.6 Å². The summed E-state index contributed by atoms with van der Waals surface area (Å²) < 4.78 is 10.2. The van der Waals surface area contributed by atoms with Gasteiger partial charge in [-0.1, -0.05) is 17.8 Å². The molecule has 0 radical (unpaired) electrons. The Balaban J connectivity index is 1.76. The predicted octanol–water partition coefficient (Wildman–Crippen LogP) is 2.03. The van der Waals surface area contributed by atoms with Crippen molar-refractivity contribution in [2.45, 2.75) is 5.16 Å². The van der Waals surface area contributed by atoms with Crippen LogP contribution in [-0.2, 0) is 4.74 Å². The first kappa shape index (κ1) is 20.7. The molecule has 1 aliphatic heterocycles. The number of carbonyl (C=O) groups is 2. The molecule has 0 unspecified atom stereocenters. The predicted molar refractivity (Wildman–Crippen MR) is 111 cm³/mol. The van der Waals surface area contributed by atoms with Crippen LogP contribution < -0.4 is 19.9 Å². The zero-order valence-corrected chi connectivity index (χ0v) is 17.4. The molecule has 154 valence electrons. The summed E-state index contributed by atoms with van der Waals surface area (Å²) in [6, 6.07) is 7.30. The van der Waals surface area contributed by atoms with Crippen molar-refractivity contribution < 1.29 is 19.1 Å². The largest absolute Gasteiger partial charge is 0.492 e. The molecule has 9 nitrogen and oxygen atoms in total. The fourth-order valence-electron chi connectivity index (χ4n) is 2.88. The Bertz CT molecular complexity index is 895. The highest BCUT2D eigenvalue weighted by Crippen LogP contribution is 2.28. The smallest absolute Gasteiger partial charge is 0.406 e. The normalized spacial score (nSPS) is 13.6. The number of methoxy groups -OCH3 is 1. The Kier molecular flexibility index (Phi) is 6.76. The number of hydrogen-bond donors (Lipinski definition) is 1. The van der Waals surface area contributed by atoms with E-state index < -0.39 is 6.09 Å². The van der Waals surface area contributed by atoms with Crippen molar-refractivity contribution in [1.82, 2.24) is 15.3 Å². The van der Waals surface area contributed by atoms with Gasteiger partial charge in [0.2, 0.25) is 0 Å². The molecule has 3 rings (SSSR count). The minimum Gasteiger partial charge on any atom is -0.492 e. The van der Waals surface area contributed by atoms with E-state index in [-0.39, 0.29) is 12.5 Å². The fourth-order valence-corrected chi connectivity index (χ4v) is 3.22. The monoisotopic (exact) mass is 417 g/mol. The van der Waals surface area contributed by atoms with Crippen LogP contribution in [0.5, 0.6) is 5.75 Å². The van der Waals surface area contributed by atoms with Crippen LogP contribution in [0.3, 0.4) is 0 Å². The Morgan fingerprint density at radius 2 is 2.17 bits per heavy atom. The number of rotatable bonds is 6. The average molecular weight is 417 g/mol. The molecule has 1 aromatic carbocycles. The van der Waals surface area contributed by atoms with Crippen molar-refractivity contribution in [3.05, 3.63) is 36.0 Å². The van der Waals surface area contributed by atoms with Gasteiger partial charge in [-0.3, -0.25) is 4.79 Å². The van der Waals surface area contributed by atoms with Crippen molar-refractivity contribution in [1.29, 1.82) is 0 Å². The molecule has 0 atom stereocenters. The number of thioether (sulfide) groups is 1. The second kappa shape index (κ2) is 9.46. The van der Waals surface area contributed by atoms with Gasteiger partial charge in [0.1, 0.15) is 23.7 Å². The lowest BCUT2D eigenvalue weighted by Crippen LogP contribution is -2.33. The van der Waals surface area contributed by atoms with Crippen LogP contribution in [0.15, 0.2) is 35.6 Å². The highest BCUT2D eigenvalue weighted by molar-refractivity contribution is 7.98. The maximum Gasteiger partial charge on any atom is 0.406 e. The van der Waals surface area contributed by atoms with Crippen molar-refractivity contribution in [2.75, 3.05) is 56.5 Å². The number of amides is 2. The third-order valence-corrected chi connectivity index (χ3v) is 4.94. The molecule has 0 bridgehead atoms. The Hall–Kier alpha value is -3.01. The van der Waals surface area contributed by atoms with Crippen LogP contribution in [0.25, 0.3) is 0 Å². The molecule has 1 aromatic heterocycles. The van der Waals surface area contributed by atoms with Gasteiger partial charge in [-0.25, -0.2) is 14.8 Å². The lowest BCUT2D eigenvalue weighted by atomic mass is 10.2. The van der Waals surface area contributed by atoms with Crippen molar-refractivity contribution >= 4 is 35.3 Å². The molecule has 1 N–H and O–H groups in total. The molecule has 2 heterocycles. The topological polar surface area (TPSA) is 96.9 Å². The van der Waals surface area contributed by atoms with Crippen molar-refractivity contribution in [2.24, 2.45) is 0 Å². The number of benzene rings is 1. The minimum absolute atomic E-state index is 0.151. The van der Waals surface area contributed by atoms with E-state index in [1.54, 1.807) is 23.2 Å². The molecule has 0 fully saturated rings. The molecular formula is C19H23N5O4S. The first-order chi connectivity index (χ1) is 14.0. The van der Waals surface area contributed by atoms with Crippen molar-refractivity contribution in [3.8, 4) is 5.75 Å². The third-order valence-electron chi connectivity index (χ3n) is 4.38. The van der Waals surface area contributed by atoms with E-state index in [0.29, 0.717) is 41.9 Å². The number of likely N-dealkylation sites (N-methyl/N-ethyl adjacent to an activating group) is 1. The van der Waals surface area contributed by atoms with E-state index in [1.807, 2.05) is 30.3 Å². The van der Waals surface area contributed by atoms with Gasteiger partial charge in [-0.05, 0) is 18.4 Å². The number of carbonyl (C=O) groups excluding carboxylic acids is 2. The van der Waals surface area contributed by atoms with Gasteiger partial charge in [0.25, 0.3) is 5.91 Å². The first-order valence-corrected chi connectivity index (χ1v) is 10.2. The third kappa shape index (κ3) is 4.89. The molecule has 2 aromatic rings. The molecule has 10 heteroatoms. The Morgan fingerprint density at radius 3 is 2.93 bits per heavy atom. The number of ether oxygens (including phenoxy) is 2. The number of anilines is 2. The quantitative estimate of drug-likeness (QED) is 0.433. The Labute approximate surface area is 173 Å². The van der Waals surface area contributed by atoms with Crippen LogP contribution in [0.4, 0.5) is 16.3 Å². The van der Waals surface area contributed by atoms with Gasteiger partial charge < -0.3 is 24.6 Å². The standard InChI is InChI=1S/C19H23N5O4S/c1-23-8-9-24(17(25)15-12-21-18(29-3)22-16(15)23)13-5-4-6-14(11-13)28-10-7-20-19(26)27-2/h4-6,11-12H,7-10H2,1-3H3,(H,20,26). The summed E-state index contributed by atoms with van der Waals surface area (Å²) in [6.07, 6.45) is 2.98. The summed E-state index contributed by atoms with van der Waals surface area (Å²) >= 11 is 1.44. The van der Waals surface area contributed by atoms with E-state index in [4.69, 9.17) is 4.74 Å². The lowest BCUT2D eigenvalue weighted by molar-refractivity contribution is 0.0989. The maximum atomic E-state index is 13.2. The summed E-state index contributed by atoms with van der Waals surface area (Å²) in [4.78, 5) is 36.7. The second-order valence-corrected chi connectivity index (χ2v) is 7.01. The van der Waals surface area contributed by atoms with Crippen LogP contribution in [0.1, 0.15) is 10.4 Å². The summed E-state index contributed by atoms with van der Waals surface area (Å²) in [5.41, 5.74) is 1.19. The van der Waals surface area contributed by atoms with Crippen LogP contribution >= 0.6 is 11.8 Å². The van der Waals surface area contributed by atoms with E-state index in [9.17, 15) is 9.59 Å². The van der Waals surface area contributed by atoms with Gasteiger partial charge in [-0.2, -0.15) is 0 Å². The van der Waals surface area contributed by atoms with Gasteiger partial charge in [0, 0.05) is 38.1 Å². The maximum absolute atomic E-state index is 13.2. The molecule has 2 amide bonds. The van der Waals surface area contributed by atoms with E-state index >= 15 is 0 Å². The first-order valence-electron chi connectivity index (χ1n) is 9.02. The molecule has 0 saturated heterocycles. The van der Waals surface area contributed by atoms with E-state index in [1.165, 1.54) is 18.9 Å². The van der Waals surface area contributed by atoms with Gasteiger partial charge >= 0.3 is 6.09 Å².